The normalized spacial score (nSPS) is 10.3. The van der Waals surface area contributed by atoms with Gasteiger partial charge in [-0.15, -0.1) is 11.3 Å². The van der Waals surface area contributed by atoms with Crippen molar-refractivity contribution in [2.45, 2.75) is 20.0 Å². The average molecular weight is 335 g/mol. The molecule has 23 heavy (non-hydrogen) atoms. The van der Waals surface area contributed by atoms with Gasteiger partial charge in [0, 0.05) is 36.9 Å². The van der Waals surface area contributed by atoms with Crippen LogP contribution in [0.4, 0.5) is 10.5 Å². The Morgan fingerprint density at radius 3 is 3.09 bits per heavy atom. The maximum absolute atomic E-state index is 11.8. The largest absolute Gasteiger partial charge is 0.487 e. The molecule has 0 saturated heterocycles. The van der Waals surface area contributed by atoms with E-state index < -0.39 is 0 Å². The van der Waals surface area contributed by atoms with Gasteiger partial charge in [-0.3, -0.25) is 0 Å². The smallest absolute Gasteiger partial charge is 0.319 e. The molecule has 0 bridgehead atoms. The topological polar surface area (TPSA) is 72.5 Å². The molecular weight excluding hydrogens is 314 g/mol. The summed E-state index contributed by atoms with van der Waals surface area (Å²) in [4.78, 5) is 15.9. The lowest BCUT2D eigenvalue weighted by Gasteiger charge is -2.09. The minimum atomic E-state index is -0.238. The summed E-state index contributed by atoms with van der Waals surface area (Å²) in [6.07, 6.45) is 0.790. The molecule has 124 valence electrons. The molecule has 0 aliphatic heterocycles. The van der Waals surface area contributed by atoms with Crippen LogP contribution in [-0.2, 0) is 11.3 Å². The van der Waals surface area contributed by atoms with Gasteiger partial charge in [-0.05, 0) is 25.5 Å². The van der Waals surface area contributed by atoms with Crippen LogP contribution in [0.3, 0.4) is 0 Å². The number of rotatable bonds is 9. The molecule has 2 rings (SSSR count). The lowest BCUT2D eigenvalue weighted by Crippen LogP contribution is -2.30. The molecule has 1 aromatic carbocycles. The molecular formula is C16H21N3O3S. The third-order valence-corrected chi connectivity index (χ3v) is 3.55. The molecule has 6 nitrogen and oxygen atoms in total. The monoisotopic (exact) mass is 335 g/mol. The van der Waals surface area contributed by atoms with E-state index in [4.69, 9.17) is 9.47 Å². The Bertz CT molecular complexity index is 590. The molecule has 0 radical (unpaired) electrons. The molecule has 1 aromatic heterocycles. The summed E-state index contributed by atoms with van der Waals surface area (Å²) in [5.74, 6) is 0.687. The number of thiazole rings is 1. The molecule has 2 amide bonds. The maximum Gasteiger partial charge on any atom is 0.319 e. The van der Waals surface area contributed by atoms with E-state index in [2.05, 4.69) is 15.6 Å². The lowest BCUT2D eigenvalue weighted by molar-refractivity contribution is 0.145. The van der Waals surface area contributed by atoms with Gasteiger partial charge in [-0.2, -0.15) is 0 Å². The Kier molecular flexibility index (Phi) is 7.35. The van der Waals surface area contributed by atoms with E-state index in [9.17, 15) is 4.79 Å². The first-order valence-corrected chi connectivity index (χ1v) is 8.44. The highest BCUT2D eigenvalue weighted by Crippen LogP contribution is 2.18. The predicted molar refractivity (Wildman–Crippen MR) is 91.0 cm³/mol. The van der Waals surface area contributed by atoms with Crippen LogP contribution < -0.4 is 15.4 Å². The van der Waals surface area contributed by atoms with Crippen molar-refractivity contribution in [1.82, 2.24) is 10.3 Å². The molecule has 0 atom stereocenters. The Morgan fingerprint density at radius 2 is 2.30 bits per heavy atom. The van der Waals surface area contributed by atoms with Crippen molar-refractivity contribution in [3.63, 3.8) is 0 Å². The van der Waals surface area contributed by atoms with Crippen molar-refractivity contribution in [1.29, 1.82) is 0 Å². The highest BCUT2D eigenvalue weighted by Gasteiger charge is 2.03. The summed E-state index contributed by atoms with van der Waals surface area (Å²) in [6, 6.07) is 7.04. The number of carbonyl (C=O) groups is 1. The van der Waals surface area contributed by atoms with Gasteiger partial charge in [0.2, 0.25) is 0 Å². The lowest BCUT2D eigenvalue weighted by atomic mass is 10.3. The molecule has 2 aromatic rings. The fourth-order valence-corrected chi connectivity index (χ4v) is 2.37. The molecule has 0 saturated carbocycles. The molecule has 7 heteroatoms. The Labute approximate surface area is 139 Å². The average Bonchev–Trinajstić information content (AvgIpc) is 3.06. The number of benzene rings is 1. The van der Waals surface area contributed by atoms with Gasteiger partial charge in [0.25, 0.3) is 0 Å². The molecule has 2 N–H and O–H groups in total. The van der Waals surface area contributed by atoms with Crippen LogP contribution >= 0.6 is 11.3 Å². The van der Waals surface area contributed by atoms with Gasteiger partial charge < -0.3 is 20.1 Å². The number of carbonyl (C=O) groups excluding carboxylic acids is 1. The Morgan fingerprint density at radius 1 is 1.39 bits per heavy atom. The predicted octanol–water partition coefficient (Wildman–Crippen LogP) is 3.27. The van der Waals surface area contributed by atoms with Gasteiger partial charge in [-0.25, -0.2) is 9.78 Å². The van der Waals surface area contributed by atoms with E-state index in [1.807, 2.05) is 30.5 Å². The number of nitrogens with one attached hydrogen (secondary N) is 2. The quantitative estimate of drug-likeness (QED) is 0.690. The van der Waals surface area contributed by atoms with E-state index in [1.165, 1.54) is 11.3 Å². The number of hydrogen-bond donors (Lipinski definition) is 2. The maximum atomic E-state index is 11.8. The number of aromatic nitrogens is 1. The van der Waals surface area contributed by atoms with Crippen LogP contribution in [0, 0.1) is 0 Å². The molecule has 0 aliphatic rings. The second kappa shape index (κ2) is 9.81. The minimum absolute atomic E-state index is 0.238. The van der Waals surface area contributed by atoms with Crippen molar-refractivity contribution in [2.75, 3.05) is 25.1 Å². The highest BCUT2D eigenvalue weighted by molar-refractivity contribution is 7.07. The van der Waals surface area contributed by atoms with Crippen molar-refractivity contribution in [3.05, 3.63) is 40.8 Å². The van der Waals surface area contributed by atoms with E-state index in [0.717, 1.165) is 12.1 Å². The van der Waals surface area contributed by atoms with Crippen molar-refractivity contribution < 1.29 is 14.3 Å². The van der Waals surface area contributed by atoms with Crippen molar-refractivity contribution in [3.8, 4) is 5.75 Å². The van der Waals surface area contributed by atoms with E-state index in [0.29, 0.717) is 37.8 Å². The molecule has 0 unspecified atom stereocenters. The SMILES string of the molecule is CCOCCCNC(=O)Nc1cccc(OCc2cscn2)c1. The molecule has 0 spiro atoms. The number of urea groups is 1. The summed E-state index contributed by atoms with van der Waals surface area (Å²) < 4.78 is 10.9. The fraction of sp³-hybridized carbons (Fsp3) is 0.375. The van der Waals surface area contributed by atoms with Crippen LogP contribution in [0.15, 0.2) is 35.2 Å². The Balaban J connectivity index is 1.74. The number of hydrogen-bond acceptors (Lipinski definition) is 5. The second-order valence-electron chi connectivity index (χ2n) is 4.73. The van der Waals surface area contributed by atoms with Gasteiger partial charge in [-0.1, -0.05) is 6.07 Å². The summed E-state index contributed by atoms with van der Waals surface area (Å²) in [7, 11) is 0. The summed E-state index contributed by atoms with van der Waals surface area (Å²) in [5.41, 5.74) is 3.34. The van der Waals surface area contributed by atoms with Crippen LogP contribution in [0.1, 0.15) is 19.0 Å². The minimum Gasteiger partial charge on any atom is -0.487 e. The first-order valence-electron chi connectivity index (χ1n) is 7.50. The summed E-state index contributed by atoms with van der Waals surface area (Å²) >= 11 is 1.53. The second-order valence-corrected chi connectivity index (χ2v) is 5.45. The number of amides is 2. The highest BCUT2D eigenvalue weighted by atomic mass is 32.1. The van der Waals surface area contributed by atoms with Crippen LogP contribution in [-0.4, -0.2) is 30.8 Å². The molecule has 0 fully saturated rings. The first kappa shape index (κ1) is 17.2. The van der Waals surface area contributed by atoms with Crippen LogP contribution in [0.2, 0.25) is 0 Å². The van der Waals surface area contributed by atoms with E-state index in [1.54, 1.807) is 11.6 Å². The van der Waals surface area contributed by atoms with Crippen LogP contribution in [0.25, 0.3) is 0 Å². The van der Waals surface area contributed by atoms with Crippen molar-refractivity contribution in [2.24, 2.45) is 0 Å². The standard InChI is InChI=1S/C16H21N3O3S/c1-2-21-8-4-7-17-16(20)19-13-5-3-6-15(9-13)22-10-14-11-23-12-18-14/h3,5-6,9,11-12H,2,4,7-8,10H2,1H3,(H2,17,19,20). The zero-order chi connectivity index (χ0) is 16.3. The molecule has 1 heterocycles. The van der Waals surface area contributed by atoms with Crippen LogP contribution in [0.5, 0.6) is 5.75 Å². The van der Waals surface area contributed by atoms with E-state index >= 15 is 0 Å². The number of ether oxygens (including phenoxy) is 2. The molecule has 0 aliphatic carbocycles. The summed E-state index contributed by atoms with van der Waals surface area (Å²) in [6.45, 7) is 4.28. The Hall–Kier alpha value is -2.12. The summed E-state index contributed by atoms with van der Waals surface area (Å²) in [5, 5.41) is 7.51. The zero-order valence-corrected chi connectivity index (χ0v) is 13.9. The van der Waals surface area contributed by atoms with Gasteiger partial charge in [0.15, 0.2) is 0 Å². The zero-order valence-electron chi connectivity index (χ0n) is 13.1. The first-order chi connectivity index (χ1) is 11.3. The van der Waals surface area contributed by atoms with E-state index in [-0.39, 0.29) is 6.03 Å². The van der Waals surface area contributed by atoms with Gasteiger partial charge >= 0.3 is 6.03 Å². The third-order valence-electron chi connectivity index (χ3n) is 2.92. The number of anilines is 1. The van der Waals surface area contributed by atoms with Gasteiger partial charge in [0.1, 0.15) is 12.4 Å². The van der Waals surface area contributed by atoms with Crippen molar-refractivity contribution >= 4 is 23.1 Å². The third kappa shape index (κ3) is 6.66. The fourth-order valence-electron chi connectivity index (χ4n) is 1.83. The van der Waals surface area contributed by atoms with Gasteiger partial charge in [0.05, 0.1) is 11.2 Å². The number of nitrogens with zero attached hydrogens (tertiary/aromatic N) is 1.